The number of pyridine rings is 1. The lowest BCUT2D eigenvalue weighted by molar-refractivity contribution is -0.141. The SMILES string of the molecule is O=c1[nH]c2cc(-c3ccnc(C(F)(F)F)c3)nn2c2cc(F)c(F)cc12. The van der Waals surface area contributed by atoms with E-state index in [2.05, 4.69) is 15.1 Å². The van der Waals surface area contributed by atoms with E-state index in [0.717, 1.165) is 28.9 Å². The molecule has 0 unspecified atom stereocenters. The molecule has 5 nitrogen and oxygen atoms in total. The third-order valence-electron chi connectivity index (χ3n) is 3.81. The third kappa shape index (κ3) is 2.50. The minimum Gasteiger partial charge on any atom is -0.306 e. The summed E-state index contributed by atoms with van der Waals surface area (Å²) in [7, 11) is 0. The molecule has 0 radical (unpaired) electrons. The lowest BCUT2D eigenvalue weighted by atomic mass is 10.1. The first kappa shape index (κ1) is 16.2. The molecule has 3 heterocycles. The number of fused-ring (bicyclic) bond motifs is 3. The second-order valence-corrected chi connectivity index (χ2v) is 5.49. The number of nitrogens with zero attached hydrogens (tertiary/aromatic N) is 3. The molecule has 4 rings (SSSR count). The molecule has 0 bridgehead atoms. The summed E-state index contributed by atoms with van der Waals surface area (Å²) in [5, 5.41) is 3.97. The molecule has 0 aliphatic rings. The van der Waals surface area contributed by atoms with Crippen LogP contribution in [0.15, 0.2) is 41.3 Å². The first-order valence-electron chi connectivity index (χ1n) is 7.18. The van der Waals surface area contributed by atoms with Gasteiger partial charge in [-0.15, -0.1) is 0 Å². The summed E-state index contributed by atoms with van der Waals surface area (Å²) in [6.07, 6.45) is -3.64. The molecule has 0 amide bonds. The zero-order valence-corrected chi connectivity index (χ0v) is 12.6. The average Bonchev–Trinajstić information content (AvgIpc) is 3.00. The molecule has 132 valence electrons. The fourth-order valence-electron chi connectivity index (χ4n) is 2.62. The van der Waals surface area contributed by atoms with Crippen LogP contribution in [0.1, 0.15) is 5.69 Å². The van der Waals surface area contributed by atoms with Crippen LogP contribution in [0, 0.1) is 11.6 Å². The Balaban J connectivity index is 1.98. The Morgan fingerprint density at radius 2 is 1.77 bits per heavy atom. The number of rotatable bonds is 1. The number of alkyl halides is 3. The van der Waals surface area contributed by atoms with Crippen LogP contribution in [0.2, 0.25) is 0 Å². The minimum absolute atomic E-state index is 0.0148. The smallest absolute Gasteiger partial charge is 0.306 e. The van der Waals surface area contributed by atoms with Gasteiger partial charge in [0.1, 0.15) is 11.3 Å². The maximum atomic E-state index is 13.6. The van der Waals surface area contributed by atoms with Crippen molar-refractivity contribution in [1.29, 1.82) is 0 Å². The largest absolute Gasteiger partial charge is 0.433 e. The highest BCUT2D eigenvalue weighted by Crippen LogP contribution is 2.30. The maximum absolute atomic E-state index is 13.6. The topological polar surface area (TPSA) is 63.0 Å². The van der Waals surface area contributed by atoms with Crippen LogP contribution in [-0.4, -0.2) is 19.6 Å². The molecule has 0 atom stereocenters. The molecule has 1 N–H and O–H groups in total. The predicted octanol–water partition coefficient (Wildman–Crippen LogP) is 3.53. The van der Waals surface area contributed by atoms with Gasteiger partial charge in [-0.05, 0) is 18.2 Å². The van der Waals surface area contributed by atoms with Crippen molar-refractivity contribution >= 4 is 16.6 Å². The molecule has 4 aromatic rings. The monoisotopic (exact) mass is 366 g/mol. The van der Waals surface area contributed by atoms with Crippen LogP contribution in [0.25, 0.3) is 27.8 Å². The van der Waals surface area contributed by atoms with Crippen molar-refractivity contribution in [3.63, 3.8) is 0 Å². The number of hydrogen-bond donors (Lipinski definition) is 1. The lowest BCUT2D eigenvalue weighted by Crippen LogP contribution is -2.10. The Kier molecular flexibility index (Phi) is 3.33. The zero-order chi connectivity index (χ0) is 18.6. The van der Waals surface area contributed by atoms with Crippen molar-refractivity contribution in [3.8, 4) is 11.3 Å². The summed E-state index contributed by atoms with van der Waals surface area (Å²) in [6.45, 7) is 0. The van der Waals surface area contributed by atoms with Gasteiger partial charge >= 0.3 is 6.18 Å². The standard InChI is InChI=1S/C16H7F5N4O/c17-9-4-8-12(5-10(9)18)25-14(23-15(8)26)6-11(24-25)7-1-2-22-13(3-7)16(19,20)21/h1-6H,(H,23,26). The fourth-order valence-corrected chi connectivity index (χ4v) is 2.62. The number of halogens is 5. The van der Waals surface area contributed by atoms with Crippen molar-refractivity contribution in [1.82, 2.24) is 19.6 Å². The predicted molar refractivity (Wildman–Crippen MR) is 81.5 cm³/mol. The molecule has 10 heteroatoms. The van der Waals surface area contributed by atoms with Crippen LogP contribution in [-0.2, 0) is 6.18 Å². The van der Waals surface area contributed by atoms with Crippen molar-refractivity contribution in [2.75, 3.05) is 0 Å². The van der Waals surface area contributed by atoms with Crippen LogP contribution < -0.4 is 5.56 Å². The van der Waals surface area contributed by atoms with Crippen LogP contribution in [0.4, 0.5) is 22.0 Å². The van der Waals surface area contributed by atoms with Gasteiger partial charge in [0.25, 0.3) is 5.56 Å². The van der Waals surface area contributed by atoms with Gasteiger partial charge in [0, 0.05) is 23.9 Å². The van der Waals surface area contributed by atoms with Crippen LogP contribution in [0.3, 0.4) is 0 Å². The highest BCUT2D eigenvalue weighted by atomic mass is 19.4. The number of aromatic nitrogens is 4. The molecular formula is C16H7F5N4O. The Hall–Kier alpha value is -3.30. The molecule has 1 aromatic carbocycles. The summed E-state index contributed by atoms with van der Waals surface area (Å²) < 4.78 is 66.5. The number of hydrogen-bond acceptors (Lipinski definition) is 3. The zero-order valence-electron chi connectivity index (χ0n) is 12.6. The van der Waals surface area contributed by atoms with E-state index in [1.54, 1.807) is 0 Å². The fraction of sp³-hybridized carbons (Fsp3) is 0.0625. The van der Waals surface area contributed by atoms with Crippen molar-refractivity contribution < 1.29 is 22.0 Å². The first-order valence-corrected chi connectivity index (χ1v) is 7.18. The quantitative estimate of drug-likeness (QED) is 0.524. The maximum Gasteiger partial charge on any atom is 0.433 e. The molecule has 0 saturated heterocycles. The van der Waals surface area contributed by atoms with E-state index in [1.807, 2.05) is 0 Å². The molecular weight excluding hydrogens is 359 g/mol. The highest BCUT2D eigenvalue weighted by molar-refractivity contribution is 5.81. The van der Waals surface area contributed by atoms with Gasteiger partial charge in [0.05, 0.1) is 16.6 Å². The molecule has 0 fully saturated rings. The Morgan fingerprint density at radius 3 is 2.50 bits per heavy atom. The summed E-state index contributed by atoms with van der Waals surface area (Å²) >= 11 is 0. The van der Waals surface area contributed by atoms with Crippen molar-refractivity contribution in [2.24, 2.45) is 0 Å². The molecule has 26 heavy (non-hydrogen) atoms. The van der Waals surface area contributed by atoms with E-state index >= 15 is 0 Å². The van der Waals surface area contributed by atoms with Crippen molar-refractivity contribution in [3.05, 3.63) is 64.2 Å². The highest BCUT2D eigenvalue weighted by Gasteiger charge is 2.32. The number of benzene rings is 1. The van der Waals surface area contributed by atoms with Gasteiger partial charge in [0.2, 0.25) is 0 Å². The van der Waals surface area contributed by atoms with Crippen LogP contribution >= 0.6 is 0 Å². The minimum atomic E-state index is -4.63. The van der Waals surface area contributed by atoms with Gasteiger partial charge in [0.15, 0.2) is 11.6 Å². The third-order valence-corrected chi connectivity index (χ3v) is 3.81. The van der Waals surface area contributed by atoms with Gasteiger partial charge in [-0.1, -0.05) is 0 Å². The molecule has 0 saturated carbocycles. The van der Waals surface area contributed by atoms with E-state index in [9.17, 15) is 26.7 Å². The van der Waals surface area contributed by atoms with Gasteiger partial charge in [-0.2, -0.15) is 18.3 Å². The van der Waals surface area contributed by atoms with Gasteiger partial charge < -0.3 is 4.98 Å². The molecule has 0 aliphatic carbocycles. The molecule has 3 aromatic heterocycles. The van der Waals surface area contributed by atoms with Gasteiger partial charge in [-0.25, -0.2) is 13.3 Å². The first-order chi connectivity index (χ1) is 12.2. The summed E-state index contributed by atoms with van der Waals surface area (Å²) in [5.74, 6) is -2.37. The molecule has 0 spiro atoms. The van der Waals surface area contributed by atoms with E-state index < -0.39 is 29.1 Å². The second kappa shape index (κ2) is 5.35. The lowest BCUT2D eigenvalue weighted by Gasteiger charge is -2.06. The van der Waals surface area contributed by atoms with Gasteiger partial charge in [-0.3, -0.25) is 9.78 Å². The Bertz CT molecular complexity index is 1230. The average molecular weight is 366 g/mol. The number of H-pyrrole nitrogens is 1. The van der Waals surface area contributed by atoms with E-state index in [1.165, 1.54) is 12.1 Å². The summed E-state index contributed by atoms with van der Waals surface area (Å²) in [5.41, 5.74) is -1.46. The summed E-state index contributed by atoms with van der Waals surface area (Å²) in [6, 6.07) is 4.99. The number of nitrogens with one attached hydrogen (secondary N) is 1. The normalized spacial score (nSPS) is 12.2. The number of aromatic amines is 1. The molecule has 0 aliphatic heterocycles. The van der Waals surface area contributed by atoms with Crippen LogP contribution in [0.5, 0.6) is 0 Å². The van der Waals surface area contributed by atoms with E-state index in [4.69, 9.17) is 0 Å². The second-order valence-electron chi connectivity index (χ2n) is 5.49. The van der Waals surface area contributed by atoms with E-state index in [0.29, 0.717) is 0 Å². The van der Waals surface area contributed by atoms with E-state index in [-0.39, 0.29) is 27.8 Å². The Morgan fingerprint density at radius 1 is 1.04 bits per heavy atom. The summed E-state index contributed by atoms with van der Waals surface area (Å²) in [4.78, 5) is 17.7. The van der Waals surface area contributed by atoms with Crippen molar-refractivity contribution in [2.45, 2.75) is 6.18 Å². The Labute approximate surface area is 140 Å².